The summed E-state index contributed by atoms with van der Waals surface area (Å²) in [4.78, 5) is 20.0. The SMILES string of the molecule is Cc1cc(CC[C@@H]2CCCN2C(=O)Cc2cccs2)ccn1. The summed E-state index contributed by atoms with van der Waals surface area (Å²) in [5.41, 5.74) is 2.39. The third kappa shape index (κ3) is 3.74. The van der Waals surface area contributed by atoms with Crippen LogP contribution in [0.5, 0.6) is 0 Å². The molecule has 116 valence electrons. The highest BCUT2D eigenvalue weighted by Gasteiger charge is 2.28. The van der Waals surface area contributed by atoms with E-state index in [0.717, 1.165) is 37.9 Å². The van der Waals surface area contributed by atoms with Gasteiger partial charge in [-0.25, -0.2) is 0 Å². The summed E-state index contributed by atoms with van der Waals surface area (Å²) in [5.74, 6) is 0.288. The van der Waals surface area contributed by atoms with Crippen molar-refractivity contribution in [1.29, 1.82) is 0 Å². The van der Waals surface area contributed by atoms with Crippen LogP contribution in [-0.4, -0.2) is 28.4 Å². The minimum atomic E-state index is 0.288. The number of carbonyl (C=O) groups excluding carboxylic acids is 1. The first-order valence-electron chi connectivity index (χ1n) is 7.96. The Hall–Kier alpha value is -1.68. The maximum Gasteiger partial charge on any atom is 0.228 e. The van der Waals surface area contributed by atoms with Crippen molar-refractivity contribution >= 4 is 17.2 Å². The molecule has 1 aliphatic heterocycles. The van der Waals surface area contributed by atoms with Crippen molar-refractivity contribution in [3.8, 4) is 0 Å². The van der Waals surface area contributed by atoms with Crippen molar-refractivity contribution in [3.63, 3.8) is 0 Å². The molecule has 4 heteroatoms. The number of thiophene rings is 1. The van der Waals surface area contributed by atoms with Crippen LogP contribution in [0.25, 0.3) is 0 Å². The summed E-state index contributed by atoms with van der Waals surface area (Å²) in [6, 6.07) is 8.70. The quantitative estimate of drug-likeness (QED) is 0.844. The van der Waals surface area contributed by atoms with Gasteiger partial charge >= 0.3 is 0 Å². The standard InChI is InChI=1S/C18H22N2OS/c1-14-12-15(8-9-19-14)6-7-16-4-2-10-20(16)18(21)13-17-5-3-11-22-17/h3,5,8-9,11-12,16H,2,4,6-7,10,13H2,1H3/t16-/m0/s1. The molecule has 2 aromatic rings. The van der Waals surface area contributed by atoms with Gasteiger partial charge in [-0.3, -0.25) is 9.78 Å². The summed E-state index contributed by atoms with van der Waals surface area (Å²) < 4.78 is 0. The number of nitrogens with zero attached hydrogens (tertiary/aromatic N) is 2. The number of likely N-dealkylation sites (tertiary alicyclic amines) is 1. The lowest BCUT2D eigenvalue weighted by atomic mass is 10.0. The summed E-state index contributed by atoms with van der Waals surface area (Å²) in [5, 5.41) is 2.04. The summed E-state index contributed by atoms with van der Waals surface area (Å²) in [6.07, 6.45) is 6.79. The smallest absolute Gasteiger partial charge is 0.228 e. The zero-order chi connectivity index (χ0) is 15.4. The molecule has 22 heavy (non-hydrogen) atoms. The molecule has 0 aliphatic carbocycles. The largest absolute Gasteiger partial charge is 0.339 e. The van der Waals surface area contributed by atoms with E-state index in [-0.39, 0.29) is 5.91 Å². The van der Waals surface area contributed by atoms with Crippen LogP contribution < -0.4 is 0 Å². The predicted octanol–water partition coefficient (Wildman–Crippen LogP) is 3.62. The Morgan fingerprint density at radius 1 is 1.45 bits per heavy atom. The molecular weight excluding hydrogens is 292 g/mol. The van der Waals surface area contributed by atoms with Gasteiger partial charge in [-0.05, 0) is 61.7 Å². The lowest BCUT2D eigenvalue weighted by molar-refractivity contribution is -0.131. The number of amides is 1. The van der Waals surface area contributed by atoms with E-state index in [1.54, 1.807) is 11.3 Å². The highest BCUT2D eigenvalue weighted by atomic mass is 32.1. The summed E-state index contributed by atoms with van der Waals surface area (Å²) >= 11 is 1.67. The second-order valence-electron chi connectivity index (χ2n) is 5.98. The first-order valence-corrected chi connectivity index (χ1v) is 8.84. The van der Waals surface area contributed by atoms with Crippen molar-refractivity contribution < 1.29 is 4.79 Å². The van der Waals surface area contributed by atoms with Crippen LogP contribution in [0.1, 0.15) is 35.4 Å². The number of pyridine rings is 1. The monoisotopic (exact) mass is 314 g/mol. The Bertz CT molecular complexity index is 624. The van der Waals surface area contributed by atoms with Crippen LogP contribution in [0.2, 0.25) is 0 Å². The van der Waals surface area contributed by atoms with E-state index in [4.69, 9.17) is 0 Å². The van der Waals surface area contributed by atoms with Crippen molar-refractivity contribution in [2.75, 3.05) is 6.54 Å². The Balaban J connectivity index is 1.57. The molecule has 1 amide bonds. The number of aryl methyl sites for hydroxylation is 2. The Kier molecular flexibility index (Phi) is 4.88. The lowest BCUT2D eigenvalue weighted by Crippen LogP contribution is -2.36. The zero-order valence-corrected chi connectivity index (χ0v) is 13.8. The highest BCUT2D eigenvalue weighted by molar-refractivity contribution is 7.10. The average Bonchev–Trinajstić information content (AvgIpc) is 3.16. The van der Waals surface area contributed by atoms with Gasteiger partial charge in [0.1, 0.15) is 0 Å². The number of rotatable bonds is 5. The normalized spacial score (nSPS) is 17.9. The molecule has 3 rings (SSSR count). The Morgan fingerprint density at radius 3 is 3.14 bits per heavy atom. The van der Waals surface area contributed by atoms with E-state index >= 15 is 0 Å². The van der Waals surface area contributed by atoms with Crippen molar-refractivity contribution in [2.45, 2.75) is 45.1 Å². The third-order valence-electron chi connectivity index (χ3n) is 4.33. The van der Waals surface area contributed by atoms with E-state index in [2.05, 4.69) is 22.0 Å². The second-order valence-corrected chi connectivity index (χ2v) is 7.02. The third-order valence-corrected chi connectivity index (χ3v) is 5.21. The Labute approximate surface area is 136 Å². The fraction of sp³-hybridized carbons (Fsp3) is 0.444. The minimum Gasteiger partial charge on any atom is -0.339 e. The van der Waals surface area contributed by atoms with Gasteiger partial charge in [0.15, 0.2) is 0 Å². The molecule has 1 saturated heterocycles. The summed E-state index contributed by atoms with van der Waals surface area (Å²) in [7, 11) is 0. The zero-order valence-electron chi connectivity index (χ0n) is 13.0. The van der Waals surface area contributed by atoms with Crippen LogP contribution >= 0.6 is 11.3 Å². The van der Waals surface area contributed by atoms with E-state index < -0.39 is 0 Å². The molecule has 3 nitrogen and oxygen atoms in total. The number of hydrogen-bond donors (Lipinski definition) is 0. The number of hydrogen-bond acceptors (Lipinski definition) is 3. The first-order chi connectivity index (χ1) is 10.7. The molecule has 0 bridgehead atoms. The Morgan fingerprint density at radius 2 is 2.36 bits per heavy atom. The van der Waals surface area contributed by atoms with Gasteiger partial charge in [-0.2, -0.15) is 0 Å². The molecule has 0 radical (unpaired) electrons. The lowest BCUT2D eigenvalue weighted by Gasteiger charge is -2.24. The first kappa shape index (κ1) is 15.2. The van der Waals surface area contributed by atoms with E-state index in [9.17, 15) is 4.79 Å². The van der Waals surface area contributed by atoms with Crippen LogP contribution in [-0.2, 0) is 17.6 Å². The maximum absolute atomic E-state index is 12.5. The van der Waals surface area contributed by atoms with Gasteiger partial charge in [0.2, 0.25) is 5.91 Å². The predicted molar refractivity (Wildman–Crippen MR) is 90.1 cm³/mol. The molecule has 2 aromatic heterocycles. The molecule has 1 fully saturated rings. The minimum absolute atomic E-state index is 0.288. The molecule has 1 atom stereocenters. The van der Waals surface area contributed by atoms with Gasteiger partial charge in [-0.15, -0.1) is 11.3 Å². The van der Waals surface area contributed by atoms with Gasteiger partial charge < -0.3 is 4.90 Å². The molecule has 3 heterocycles. The molecule has 0 unspecified atom stereocenters. The topological polar surface area (TPSA) is 33.2 Å². The van der Waals surface area contributed by atoms with E-state index in [1.165, 1.54) is 10.4 Å². The van der Waals surface area contributed by atoms with Gasteiger partial charge in [-0.1, -0.05) is 6.07 Å². The molecule has 0 saturated carbocycles. The van der Waals surface area contributed by atoms with Crippen LogP contribution in [0.4, 0.5) is 0 Å². The van der Waals surface area contributed by atoms with Gasteiger partial charge in [0.05, 0.1) is 6.42 Å². The maximum atomic E-state index is 12.5. The fourth-order valence-electron chi connectivity index (χ4n) is 3.22. The highest BCUT2D eigenvalue weighted by Crippen LogP contribution is 2.23. The summed E-state index contributed by atoms with van der Waals surface area (Å²) in [6.45, 7) is 2.94. The van der Waals surface area contributed by atoms with Crippen LogP contribution in [0.3, 0.4) is 0 Å². The van der Waals surface area contributed by atoms with Gasteiger partial charge in [0.25, 0.3) is 0 Å². The molecule has 0 N–H and O–H groups in total. The molecule has 0 aromatic carbocycles. The molecule has 1 aliphatic rings. The van der Waals surface area contributed by atoms with E-state index in [1.807, 2.05) is 30.6 Å². The van der Waals surface area contributed by atoms with Crippen molar-refractivity contribution in [1.82, 2.24) is 9.88 Å². The molecule has 0 spiro atoms. The fourth-order valence-corrected chi connectivity index (χ4v) is 3.92. The second kappa shape index (κ2) is 7.05. The van der Waals surface area contributed by atoms with Crippen LogP contribution in [0, 0.1) is 6.92 Å². The average molecular weight is 314 g/mol. The van der Waals surface area contributed by atoms with E-state index in [0.29, 0.717) is 12.5 Å². The molecular formula is C18H22N2OS. The van der Waals surface area contributed by atoms with Gasteiger partial charge in [0, 0.05) is 29.4 Å². The van der Waals surface area contributed by atoms with Crippen molar-refractivity contribution in [2.24, 2.45) is 0 Å². The number of aromatic nitrogens is 1. The van der Waals surface area contributed by atoms with Crippen molar-refractivity contribution in [3.05, 3.63) is 52.0 Å². The number of carbonyl (C=O) groups is 1. The van der Waals surface area contributed by atoms with Crippen LogP contribution in [0.15, 0.2) is 35.8 Å².